The molecule has 0 unspecified atom stereocenters. The van der Waals surface area contributed by atoms with Crippen molar-refractivity contribution in [3.8, 4) is 0 Å². The van der Waals surface area contributed by atoms with Gasteiger partial charge in [-0.3, -0.25) is 4.68 Å². The van der Waals surface area contributed by atoms with Gasteiger partial charge in [-0.2, -0.15) is 5.10 Å². The molecule has 0 bridgehead atoms. The number of hydrogen-bond acceptors (Lipinski definition) is 6. The van der Waals surface area contributed by atoms with Crippen LogP contribution in [0.5, 0.6) is 0 Å². The maximum Gasteiger partial charge on any atom is 0.246 e. The lowest BCUT2D eigenvalue weighted by atomic mass is 10.2. The van der Waals surface area contributed by atoms with Crippen LogP contribution in [0.15, 0.2) is 16.7 Å². The molecular formula is C15H21N5O2. The summed E-state index contributed by atoms with van der Waals surface area (Å²) in [6.07, 6.45) is 5.49. The zero-order valence-electron chi connectivity index (χ0n) is 13.1. The van der Waals surface area contributed by atoms with Crippen molar-refractivity contribution in [1.82, 2.24) is 24.9 Å². The largest absolute Gasteiger partial charge is 0.418 e. The highest BCUT2D eigenvalue weighted by atomic mass is 16.5. The first-order valence-corrected chi connectivity index (χ1v) is 7.53. The number of nitrogens with zero attached hydrogens (tertiary/aromatic N) is 5. The molecule has 0 saturated carbocycles. The molecule has 0 spiro atoms. The van der Waals surface area contributed by atoms with Crippen molar-refractivity contribution < 1.29 is 9.15 Å². The van der Waals surface area contributed by atoms with Gasteiger partial charge < -0.3 is 14.1 Å². The fourth-order valence-corrected chi connectivity index (χ4v) is 2.65. The Morgan fingerprint density at radius 2 is 2.18 bits per heavy atom. The van der Waals surface area contributed by atoms with Gasteiger partial charge in [0.2, 0.25) is 11.8 Å². The lowest BCUT2D eigenvalue weighted by Crippen LogP contribution is -2.40. The lowest BCUT2D eigenvalue weighted by molar-refractivity contribution is -0.0823. The monoisotopic (exact) mass is 303 g/mol. The summed E-state index contributed by atoms with van der Waals surface area (Å²) < 4.78 is 13.5. The average molecular weight is 303 g/mol. The van der Waals surface area contributed by atoms with Gasteiger partial charge in [0.25, 0.3) is 0 Å². The summed E-state index contributed by atoms with van der Waals surface area (Å²) in [6, 6.07) is 1.94. The summed E-state index contributed by atoms with van der Waals surface area (Å²) in [5, 5.41) is 12.4. The van der Waals surface area contributed by atoms with Crippen molar-refractivity contribution in [3.05, 3.63) is 29.7 Å². The Balaban J connectivity index is 1.71. The number of ether oxygens (including phenoxy) is 1. The van der Waals surface area contributed by atoms with Crippen LogP contribution in [0, 0.1) is 0 Å². The Labute approximate surface area is 129 Å². The molecule has 22 heavy (non-hydrogen) atoms. The topological polar surface area (TPSA) is 69.2 Å². The maximum absolute atomic E-state index is 5.87. The van der Waals surface area contributed by atoms with E-state index in [1.54, 1.807) is 12.3 Å². The summed E-state index contributed by atoms with van der Waals surface area (Å²) in [7, 11) is 2.06. The minimum atomic E-state index is -0.162. The number of likely N-dealkylation sites (N-methyl/N-ethyl adjacent to an activating group) is 1. The summed E-state index contributed by atoms with van der Waals surface area (Å²) in [6.45, 7) is 6.59. The molecule has 7 heteroatoms. The maximum atomic E-state index is 5.87. The van der Waals surface area contributed by atoms with Gasteiger partial charge in [0.15, 0.2) is 0 Å². The van der Waals surface area contributed by atoms with E-state index in [1.165, 1.54) is 0 Å². The van der Waals surface area contributed by atoms with Crippen LogP contribution in [0.2, 0.25) is 0 Å². The first-order valence-electron chi connectivity index (χ1n) is 7.53. The van der Waals surface area contributed by atoms with Gasteiger partial charge in [0.1, 0.15) is 6.10 Å². The molecule has 3 rings (SSSR count). The molecule has 0 amide bonds. The van der Waals surface area contributed by atoms with Gasteiger partial charge >= 0.3 is 0 Å². The molecule has 0 aromatic carbocycles. The smallest absolute Gasteiger partial charge is 0.246 e. The molecule has 7 nitrogen and oxygen atoms in total. The van der Waals surface area contributed by atoms with Crippen LogP contribution in [0.4, 0.5) is 0 Å². The number of aromatic nitrogens is 4. The molecular weight excluding hydrogens is 282 g/mol. The SMILES string of the molecule is CCn1nccc1/C=C/c1nnc([C@H]2CN(C)C[C@@H](C)O2)o1. The van der Waals surface area contributed by atoms with E-state index in [0.717, 1.165) is 25.3 Å². The Bertz CT molecular complexity index is 638. The number of aryl methyl sites for hydroxylation is 1. The van der Waals surface area contributed by atoms with Crippen molar-refractivity contribution in [2.45, 2.75) is 32.6 Å². The van der Waals surface area contributed by atoms with Gasteiger partial charge in [-0.1, -0.05) is 0 Å². The second-order valence-electron chi connectivity index (χ2n) is 5.54. The second kappa shape index (κ2) is 6.41. The first-order chi connectivity index (χ1) is 10.7. The number of rotatable bonds is 4. The Morgan fingerprint density at radius 3 is 2.95 bits per heavy atom. The molecule has 0 aliphatic carbocycles. The van der Waals surface area contributed by atoms with Crippen molar-refractivity contribution in [2.75, 3.05) is 20.1 Å². The summed E-state index contributed by atoms with van der Waals surface area (Å²) >= 11 is 0. The lowest BCUT2D eigenvalue weighted by Gasteiger charge is -2.32. The third-order valence-electron chi connectivity index (χ3n) is 3.62. The average Bonchev–Trinajstić information content (AvgIpc) is 3.13. The summed E-state index contributed by atoms with van der Waals surface area (Å²) in [5.74, 6) is 1.00. The van der Waals surface area contributed by atoms with E-state index < -0.39 is 0 Å². The fourth-order valence-electron chi connectivity index (χ4n) is 2.65. The Morgan fingerprint density at radius 1 is 1.32 bits per heavy atom. The quantitative estimate of drug-likeness (QED) is 0.858. The van der Waals surface area contributed by atoms with Crippen LogP contribution in [0.1, 0.15) is 37.4 Å². The highest BCUT2D eigenvalue weighted by molar-refractivity contribution is 5.63. The van der Waals surface area contributed by atoms with E-state index in [-0.39, 0.29) is 12.2 Å². The Hall–Kier alpha value is -1.99. The molecule has 2 atom stereocenters. The molecule has 3 heterocycles. The third kappa shape index (κ3) is 3.26. The van der Waals surface area contributed by atoms with Crippen molar-refractivity contribution >= 4 is 12.2 Å². The van der Waals surface area contributed by atoms with Crippen LogP contribution in [-0.4, -0.2) is 51.1 Å². The summed E-state index contributed by atoms with van der Waals surface area (Å²) in [4.78, 5) is 2.21. The standard InChI is InChI=1S/C15H21N5O2/c1-4-20-12(7-8-16-20)5-6-14-17-18-15(22-14)13-10-19(3)9-11(2)21-13/h5-8,11,13H,4,9-10H2,1-3H3/b6-5+/t11-,13-/m1/s1. The third-order valence-corrected chi connectivity index (χ3v) is 3.62. The van der Waals surface area contributed by atoms with E-state index in [4.69, 9.17) is 9.15 Å². The Kier molecular flexibility index (Phi) is 4.35. The van der Waals surface area contributed by atoms with Gasteiger partial charge in [-0.15, -0.1) is 10.2 Å². The van der Waals surface area contributed by atoms with E-state index >= 15 is 0 Å². The normalized spacial score (nSPS) is 23.4. The number of morpholine rings is 1. The molecule has 0 radical (unpaired) electrons. The van der Waals surface area contributed by atoms with Crippen LogP contribution >= 0.6 is 0 Å². The van der Waals surface area contributed by atoms with Crippen LogP contribution in [0.3, 0.4) is 0 Å². The van der Waals surface area contributed by atoms with Gasteiger partial charge in [-0.25, -0.2) is 0 Å². The molecule has 118 valence electrons. The van der Waals surface area contributed by atoms with Crippen molar-refractivity contribution in [2.24, 2.45) is 0 Å². The van der Waals surface area contributed by atoms with Gasteiger partial charge in [0, 0.05) is 31.9 Å². The van der Waals surface area contributed by atoms with Crippen LogP contribution < -0.4 is 0 Å². The zero-order chi connectivity index (χ0) is 15.5. The van der Waals surface area contributed by atoms with Crippen LogP contribution in [0.25, 0.3) is 12.2 Å². The van der Waals surface area contributed by atoms with Gasteiger partial charge in [0.05, 0.1) is 11.8 Å². The molecule has 1 saturated heterocycles. The van der Waals surface area contributed by atoms with E-state index in [1.807, 2.05) is 30.7 Å². The van der Waals surface area contributed by atoms with Crippen molar-refractivity contribution in [3.63, 3.8) is 0 Å². The summed E-state index contributed by atoms with van der Waals surface area (Å²) in [5.41, 5.74) is 1.00. The predicted octanol–water partition coefficient (Wildman–Crippen LogP) is 1.85. The molecule has 1 aliphatic heterocycles. The van der Waals surface area contributed by atoms with Gasteiger partial charge in [-0.05, 0) is 33.0 Å². The van der Waals surface area contributed by atoms with E-state index in [2.05, 4.69) is 27.2 Å². The second-order valence-corrected chi connectivity index (χ2v) is 5.54. The van der Waals surface area contributed by atoms with Crippen molar-refractivity contribution in [1.29, 1.82) is 0 Å². The first kappa shape index (κ1) is 14.9. The highest BCUT2D eigenvalue weighted by Gasteiger charge is 2.28. The minimum absolute atomic E-state index is 0.161. The predicted molar refractivity (Wildman–Crippen MR) is 81.9 cm³/mol. The molecule has 1 aliphatic rings. The molecule has 2 aromatic heterocycles. The molecule has 0 N–H and O–H groups in total. The van der Waals surface area contributed by atoms with Crippen LogP contribution in [-0.2, 0) is 11.3 Å². The van der Waals surface area contributed by atoms with E-state index in [9.17, 15) is 0 Å². The molecule has 2 aromatic rings. The van der Waals surface area contributed by atoms with E-state index in [0.29, 0.717) is 11.8 Å². The fraction of sp³-hybridized carbons (Fsp3) is 0.533. The highest BCUT2D eigenvalue weighted by Crippen LogP contribution is 2.23. The zero-order valence-corrected chi connectivity index (χ0v) is 13.1. The molecule has 1 fully saturated rings. The minimum Gasteiger partial charge on any atom is -0.418 e. The number of hydrogen-bond donors (Lipinski definition) is 0.